The molecule has 0 aromatic carbocycles. The quantitative estimate of drug-likeness (QED) is 0.842. The zero-order valence-electron chi connectivity index (χ0n) is 13.9. The highest BCUT2D eigenvalue weighted by Crippen LogP contribution is 2.44. The molecular formula is C17H16F2N2O4. The van der Waals surface area contributed by atoms with E-state index in [0.29, 0.717) is 11.4 Å². The van der Waals surface area contributed by atoms with Gasteiger partial charge in [0, 0.05) is 17.5 Å². The van der Waals surface area contributed by atoms with Gasteiger partial charge >= 0.3 is 11.9 Å². The van der Waals surface area contributed by atoms with Gasteiger partial charge in [-0.3, -0.25) is 4.98 Å². The minimum atomic E-state index is -1.66. The van der Waals surface area contributed by atoms with E-state index in [9.17, 15) is 18.4 Å². The number of aromatic nitrogens is 1. The molecule has 2 atom stereocenters. The summed E-state index contributed by atoms with van der Waals surface area (Å²) in [4.78, 5) is 28.3. The average molecular weight is 350 g/mol. The highest BCUT2D eigenvalue weighted by molar-refractivity contribution is 6.01. The molecule has 3 rings (SSSR count). The molecule has 0 saturated carbocycles. The Kier molecular flexibility index (Phi) is 4.28. The van der Waals surface area contributed by atoms with E-state index < -0.39 is 29.8 Å². The fourth-order valence-electron chi connectivity index (χ4n) is 3.27. The Morgan fingerprint density at radius 2 is 2.20 bits per heavy atom. The van der Waals surface area contributed by atoms with Gasteiger partial charge in [-0.25, -0.2) is 18.4 Å². The fraction of sp³-hybridized carbons (Fsp3) is 0.353. The molecule has 8 heteroatoms. The Labute approximate surface area is 142 Å². The smallest absolute Gasteiger partial charge is 0.337 e. The van der Waals surface area contributed by atoms with Crippen molar-refractivity contribution in [3.05, 3.63) is 51.9 Å². The summed E-state index contributed by atoms with van der Waals surface area (Å²) in [5.41, 5.74) is 0.970. The minimum absolute atomic E-state index is 0.000282. The second-order valence-electron chi connectivity index (χ2n) is 5.80. The van der Waals surface area contributed by atoms with Crippen LogP contribution in [0.4, 0.5) is 8.78 Å². The van der Waals surface area contributed by atoms with Crippen molar-refractivity contribution in [3.8, 4) is 0 Å². The van der Waals surface area contributed by atoms with Crippen LogP contribution in [0.1, 0.15) is 37.1 Å². The van der Waals surface area contributed by atoms with E-state index in [-0.39, 0.29) is 28.9 Å². The van der Waals surface area contributed by atoms with E-state index in [1.54, 1.807) is 6.92 Å². The number of cyclic esters (lactones) is 1. The summed E-state index contributed by atoms with van der Waals surface area (Å²) < 4.78 is 38.2. The molecule has 2 aliphatic rings. The van der Waals surface area contributed by atoms with Crippen LogP contribution in [-0.4, -0.2) is 30.6 Å². The highest BCUT2D eigenvalue weighted by atomic mass is 19.1. The number of carbonyl (C=O) groups is 2. The monoisotopic (exact) mass is 350 g/mol. The predicted octanol–water partition coefficient (Wildman–Crippen LogP) is 2.20. The Bertz CT molecular complexity index is 830. The Balaban J connectivity index is 2.28. The molecule has 0 radical (unpaired) electrons. The van der Waals surface area contributed by atoms with E-state index in [0.717, 1.165) is 6.20 Å². The largest absolute Gasteiger partial charge is 0.466 e. The van der Waals surface area contributed by atoms with Gasteiger partial charge in [-0.05, 0) is 19.4 Å². The maximum absolute atomic E-state index is 14.2. The number of rotatable bonds is 3. The number of dihydropyridines is 1. The summed E-state index contributed by atoms with van der Waals surface area (Å²) in [6.45, 7) is 2.80. The second-order valence-corrected chi connectivity index (χ2v) is 5.80. The van der Waals surface area contributed by atoms with Gasteiger partial charge < -0.3 is 14.8 Å². The standard InChI is InChI=1S/C17H16F2N2O4/c1-7(18)12-9(4-20-5-10(12)19)14-13(16(22)24-3)8(2)21-11-6-25-17(23)15(11)14/h4-5,7,14,21H,6H2,1-3H3/t7-,14+/m1/s1. The van der Waals surface area contributed by atoms with E-state index in [1.807, 2.05) is 0 Å². The number of hydrogen-bond acceptors (Lipinski definition) is 6. The van der Waals surface area contributed by atoms with Crippen molar-refractivity contribution < 1.29 is 27.8 Å². The van der Waals surface area contributed by atoms with E-state index in [1.165, 1.54) is 20.2 Å². The molecule has 2 aliphatic heterocycles. The number of nitrogens with zero attached hydrogens (tertiary/aromatic N) is 1. The zero-order valence-corrected chi connectivity index (χ0v) is 13.9. The molecule has 3 heterocycles. The van der Waals surface area contributed by atoms with Gasteiger partial charge in [-0.15, -0.1) is 0 Å². The second kappa shape index (κ2) is 6.27. The Morgan fingerprint density at radius 3 is 2.84 bits per heavy atom. The van der Waals surface area contributed by atoms with Gasteiger partial charge in [-0.2, -0.15) is 0 Å². The van der Waals surface area contributed by atoms with Crippen LogP contribution in [-0.2, 0) is 19.1 Å². The van der Waals surface area contributed by atoms with Crippen molar-refractivity contribution >= 4 is 11.9 Å². The summed E-state index contributed by atoms with van der Waals surface area (Å²) >= 11 is 0. The fourth-order valence-corrected chi connectivity index (χ4v) is 3.27. The number of pyridine rings is 1. The van der Waals surface area contributed by atoms with E-state index in [2.05, 4.69) is 10.3 Å². The highest BCUT2D eigenvalue weighted by Gasteiger charge is 2.43. The molecule has 1 aromatic rings. The minimum Gasteiger partial charge on any atom is -0.466 e. The number of methoxy groups -OCH3 is 1. The number of halogens is 2. The molecule has 0 unspecified atom stereocenters. The Hall–Kier alpha value is -2.77. The normalized spacial score (nSPS) is 20.8. The molecule has 0 spiro atoms. The number of allylic oxidation sites excluding steroid dienone is 1. The molecule has 0 aliphatic carbocycles. The van der Waals surface area contributed by atoms with Crippen LogP contribution in [0.3, 0.4) is 0 Å². The maximum atomic E-state index is 14.2. The van der Waals surface area contributed by atoms with Crippen LogP contribution in [0, 0.1) is 5.82 Å². The van der Waals surface area contributed by atoms with Gasteiger partial charge in [0.25, 0.3) is 0 Å². The van der Waals surface area contributed by atoms with Crippen molar-refractivity contribution in [2.45, 2.75) is 25.9 Å². The first-order chi connectivity index (χ1) is 11.9. The lowest BCUT2D eigenvalue weighted by Crippen LogP contribution is -2.30. The summed E-state index contributed by atoms with van der Waals surface area (Å²) in [6, 6.07) is 0. The third-order valence-electron chi connectivity index (χ3n) is 4.30. The van der Waals surface area contributed by atoms with Crippen molar-refractivity contribution in [2.75, 3.05) is 13.7 Å². The number of alkyl halides is 1. The van der Waals surface area contributed by atoms with E-state index >= 15 is 0 Å². The van der Waals surface area contributed by atoms with Crippen molar-refractivity contribution in [1.29, 1.82) is 0 Å². The molecule has 0 saturated heterocycles. The summed E-state index contributed by atoms with van der Waals surface area (Å²) in [5, 5.41) is 2.94. The first kappa shape index (κ1) is 17.1. The van der Waals surface area contributed by atoms with Crippen molar-refractivity contribution in [2.24, 2.45) is 0 Å². The number of carbonyl (C=O) groups excluding carboxylic acids is 2. The SMILES string of the molecule is COC(=O)C1=C(C)NC2=C(C(=O)OC2)[C@H]1c1cncc(F)c1[C@@H](C)F. The van der Waals surface area contributed by atoms with Crippen LogP contribution in [0.25, 0.3) is 0 Å². The first-order valence-corrected chi connectivity index (χ1v) is 7.60. The van der Waals surface area contributed by atoms with Crippen LogP contribution >= 0.6 is 0 Å². The average Bonchev–Trinajstić information content (AvgIpc) is 2.93. The lowest BCUT2D eigenvalue weighted by molar-refractivity contribution is -0.136. The maximum Gasteiger partial charge on any atom is 0.337 e. The number of ether oxygens (including phenoxy) is 2. The molecule has 0 fully saturated rings. The zero-order chi connectivity index (χ0) is 18.3. The molecule has 0 amide bonds. The lowest BCUT2D eigenvalue weighted by Gasteiger charge is -2.28. The topological polar surface area (TPSA) is 77.5 Å². The molecule has 0 bridgehead atoms. The molecule has 1 aromatic heterocycles. The number of hydrogen-bond donors (Lipinski definition) is 1. The molecule has 6 nitrogen and oxygen atoms in total. The van der Waals surface area contributed by atoms with Crippen molar-refractivity contribution in [3.63, 3.8) is 0 Å². The summed E-state index contributed by atoms with van der Waals surface area (Å²) in [7, 11) is 1.19. The van der Waals surface area contributed by atoms with Crippen LogP contribution in [0.15, 0.2) is 34.9 Å². The van der Waals surface area contributed by atoms with Gasteiger partial charge in [0.05, 0.1) is 36.1 Å². The number of esters is 2. The third kappa shape index (κ3) is 2.67. The molecule has 132 valence electrons. The van der Waals surface area contributed by atoms with Gasteiger partial charge in [0.2, 0.25) is 0 Å². The summed E-state index contributed by atoms with van der Waals surface area (Å²) in [6.07, 6.45) is 0.498. The van der Waals surface area contributed by atoms with Crippen LogP contribution < -0.4 is 5.32 Å². The van der Waals surface area contributed by atoms with Crippen molar-refractivity contribution in [1.82, 2.24) is 10.3 Å². The number of nitrogens with one attached hydrogen (secondary N) is 1. The molecule has 25 heavy (non-hydrogen) atoms. The third-order valence-corrected chi connectivity index (χ3v) is 4.30. The molecule has 1 N–H and O–H groups in total. The Morgan fingerprint density at radius 1 is 1.48 bits per heavy atom. The predicted molar refractivity (Wildman–Crippen MR) is 82.3 cm³/mol. The summed E-state index contributed by atoms with van der Waals surface area (Å²) in [5.74, 6) is -3.22. The van der Waals surface area contributed by atoms with Gasteiger partial charge in [-0.1, -0.05) is 0 Å². The molecular weight excluding hydrogens is 334 g/mol. The lowest BCUT2D eigenvalue weighted by atomic mass is 9.79. The van der Waals surface area contributed by atoms with E-state index in [4.69, 9.17) is 9.47 Å². The van der Waals surface area contributed by atoms with Crippen LogP contribution in [0.2, 0.25) is 0 Å². The first-order valence-electron chi connectivity index (χ1n) is 7.60. The van der Waals surface area contributed by atoms with Gasteiger partial charge in [0.1, 0.15) is 18.6 Å². The van der Waals surface area contributed by atoms with Crippen LogP contribution in [0.5, 0.6) is 0 Å². The van der Waals surface area contributed by atoms with Gasteiger partial charge in [0.15, 0.2) is 0 Å².